The first-order chi connectivity index (χ1) is 15.4. The van der Waals surface area contributed by atoms with Gasteiger partial charge in [-0.1, -0.05) is 6.92 Å². The Bertz CT molecular complexity index is 1030. The van der Waals surface area contributed by atoms with Crippen LogP contribution in [0.3, 0.4) is 0 Å². The molecule has 2 saturated carbocycles. The molecule has 170 valence electrons. The van der Waals surface area contributed by atoms with Crippen molar-refractivity contribution in [1.29, 1.82) is 0 Å². The third-order valence-corrected chi connectivity index (χ3v) is 7.22. The maximum atomic E-state index is 12.7. The van der Waals surface area contributed by atoms with E-state index in [2.05, 4.69) is 21.5 Å². The second-order valence-electron chi connectivity index (χ2n) is 10.1. The quantitative estimate of drug-likeness (QED) is 0.703. The Hall–Kier alpha value is -2.39. The standard InChI is InChI=1S/C23H27F2N5O2/c1-23(10-31-11-23)9-30-7-14-15(8-30)19(14)17-5-16(28-21(29-17)12-2-3-12)13-4-18(32-22(24)25)20(26)27-6-13/h4-6,12,14-15,19,22H,2-3,7-11H2,1H3,(H2,26,27)/t14-,15-/m0/s1. The summed E-state index contributed by atoms with van der Waals surface area (Å²) in [5, 5.41) is 0. The van der Waals surface area contributed by atoms with Gasteiger partial charge >= 0.3 is 6.61 Å². The minimum Gasteiger partial charge on any atom is -0.431 e. The smallest absolute Gasteiger partial charge is 0.387 e. The van der Waals surface area contributed by atoms with E-state index in [0.717, 1.165) is 57.2 Å². The molecule has 0 unspecified atom stereocenters. The predicted molar refractivity (Wildman–Crippen MR) is 113 cm³/mol. The molecular weight excluding hydrogens is 416 g/mol. The van der Waals surface area contributed by atoms with Crippen LogP contribution in [-0.4, -0.2) is 59.3 Å². The van der Waals surface area contributed by atoms with Gasteiger partial charge in [0.1, 0.15) is 5.82 Å². The molecule has 2 aliphatic heterocycles. The molecule has 2 aromatic heterocycles. The van der Waals surface area contributed by atoms with Gasteiger partial charge in [0.2, 0.25) is 0 Å². The Balaban J connectivity index is 1.24. The van der Waals surface area contributed by atoms with Crippen LogP contribution in [0.2, 0.25) is 0 Å². The zero-order chi connectivity index (χ0) is 22.0. The van der Waals surface area contributed by atoms with Gasteiger partial charge < -0.3 is 20.1 Å². The highest BCUT2D eigenvalue weighted by molar-refractivity contribution is 5.64. The highest BCUT2D eigenvalue weighted by Crippen LogP contribution is 2.58. The summed E-state index contributed by atoms with van der Waals surface area (Å²) in [5.41, 5.74) is 8.39. The van der Waals surface area contributed by atoms with Crippen molar-refractivity contribution in [2.75, 3.05) is 38.6 Å². The third kappa shape index (κ3) is 3.71. The van der Waals surface area contributed by atoms with Gasteiger partial charge in [0, 0.05) is 54.3 Å². The first-order valence-electron chi connectivity index (χ1n) is 11.3. The van der Waals surface area contributed by atoms with Gasteiger partial charge in [-0.3, -0.25) is 0 Å². The number of nitrogens with zero attached hydrogens (tertiary/aromatic N) is 4. The highest BCUT2D eigenvalue weighted by atomic mass is 19.3. The summed E-state index contributed by atoms with van der Waals surface area (Å²) in [5.74, 6) is 2.74. The fraction of sp³-hybridized carbons (Fsp3) is 0.609. The molecule has 4 aliphatic rings. The van der Waals surface area contributed by atoms with E-state index in [4.69, 9.17) is 20.4 Å². The van der Waals surface area contributed by atoms with Crippen LogP contribution in [-0.2, 0) is 4.74 Å². The number of fused-ring (bicyclic) bond motifs is 1. The van der Waals surface area contributed by atoms with Gasteiger partial charge in [0.15, 0.2) is 11.6 Å². The Morgan fingerprint density at radius 3 is 2.59 bits per heavy atom. The highest BCUT2D eigenvalue weighted by Gasteiger charge is 2.58. The van der Waals surface area contributed by atoms with Gasteiger partial charge in [-0.2, -0.15) is 8.78 Å². The molecule has 6 rings (SSSR count). The molecule has 2 aliphatic carbocycles. The molecule has 4 heterocycles. The van der Waals surface area contributed by atoms with Crippen LogP contribution >= 0.6 is 0 Å². The summed E-state index contributed by atoms with van der Waals surface area (Å²) >= 11 is 0. The lowest BCUT2D eigenvalue weighted by Crippen LogP contribution is -2.48. The van der Waals surface area contributed by atoms with E-state index in [1.54, 1.807) is 6.20 Å². The first kappa shape index (κ1) is 20.2. The lowest BCUT2D eigenvalue weighted by atomic mass is 9.88. The first-order valence-corrected chi connectivity index (χ1v) is 11.3. The second-order valence-corrected chi connectivity index (χ2v) is 10.1. The van der Waals surface area contributed by atoms with Crippen LogP contribution in [0.1, 0.15) is 43.1 Å². The number of nitrogens with two attached hydrogens (primary N) is 1. The number of nitrogen functional groups attached to an aromatic ring is 1. The van der Waals surface area contributed by atoms with Gasteiger partial charge in [0.05, 0.1) is 18.9 Å². The Labute approximate surface area is 185 Å². The normalized spacial score (nSPS) is 28.4. The molecule has 32 heavy (non-hydrogen) atoms. The molecule has 0 bridgehead atoms. The van der Waals surface area contributed by atoms with Crippen LogP contribution in [0.5, 0.6) is 5.75 Å². The average Bonchev–Trinajstić information content (AvgIpc) is 3.65. The summed E-state index contributed by atoms with van der Waals surface area (Å²) in [4.78, 5) is 16.3. The van der Waals surface area contributed by atoms with Crippen molar-refractivity contribution in [2.45, 2.75) is 38.2 Å². The molecule has 2 saturated heterocycles. The molecule has 9 heteroatoms. The lowest BCUT2D eigenvalue weighted by molar-refractivity contribution is -0.114. The maximum Gasteiger partial charge on any atom is 0.387 e. The summed E-state index contributed by atoms with van der Waals surface area (Å²) in [6.07, 6.45) is 3.75. The number of piperidine rings is 1. The van der Waals surface area contributed by atoms with Crippen LogP contribution in [0, 0.1) is 17.3 Å². The number of pyridine rings is 1. The molecule has 4 fully saturated rings. The van der Waals surface area contributed by atoms with Crippen molar-refractivity contribution in [3.63, 3.8) is 0 Å². The summed E-state index contributed by atoms with van der Waals surface area (Å²) < 4.78 is 35.4. The zero-order valence-corrected chi connectivity index (χ0v) is 18.0. The maximum absolute atomic E-state index is 12.7. The van der Waals surface area contributed by atoms with Gasteiger partial charge in [0.25, 0.3) is 0 Å². The SMILES string of the molecule is CC1(CN2C[C@@H]3C(c4cc(-c5cnc(N)c(OC(F)F)c5)nc(C5CC5)n4)[C@H]3C2)COC1. The van der Waals surface area contributed by atoms with E-state index >= 15 is 0 Å². The fourth-order valence-electron chi connectivity index (χ4n) is 5.38. The van der Waals surface area contributed by atoms with Gasteiger partial charge in [-0.25, -0.2) is 15.0 Å². The number of likely N-dealkylation sites (tertiary alicyclic amines) is 1. The lowest BCUT2D eigenvalue weighted by Gasteiger charge is -2.41. The zero-order valence-electron chi connectivity index (χ0n) is 18.0. The molecule has 0 aromatic carbocycles. The Morgan fingerprint density at radius 1 is 1.22 bits per heavy atom. The molecule has 2 N–H and O–H groups in total. The van der Waals surface area contributed by atoms with Crippen molar-refractivity contribution in [3.8, 4) is 17.0 Å². The number of aromatic nitrogens is 3. The topological polar surface area (TPSA) is 86.4 Å². The molecule has 0 radical (unpaired) electrons. The van der Waals surface area contributed by atoms with Crippen LogP contribution in [0.25, 0.3) is 11.3 Å². The van der Waals surface area contributed by atoms with Gasteiger partial charge in [-0.15, -0.1) is 0 Å². The van der Waals surface area contributed by atoms with Crippen LogP contribution < -0.4 is 10.5 Å². The summed E-state index contributed by atoms with van der Waals surface area (Å²) in [6.45, 7) is 4.34. The number of hydrogen-bond acceptors (Lipinski definition) is 7. The second kappa shape index (κ2) is 7.31. The molecule has 0 amide bonds. The minimum atomic E-state index is -2.96. The van der Waals surface area contributed by atoms with E-state index in [-0.39, 0.29) is 11.6 Å². The number of halogens is 2. The molecular formula is C23H27F2N5O2. The monoisotopic (exact) mass is 443 g/mol. The van der Waals surface area contributed by atoms with E-state index in [9.17, 15) is 8.78 Å². The van der Waals surface area contributed by atoms with E-state index in [1.165, 1.54) is 6.07 Å². The largest absolute Gasteiger partial charge is 0.431 e. The number of ether oxygens (including phenoxy) is 2. The van der Waals surface area contributed by atoms with E-state index < -0.39 is 6.61 Å². The summed E-state index contributed by atoms with van der Waals surface area (Å²) in [6, 6.07) is 3.49. The summed E-state index contributed by atoms with van der Waals surface area (Å²) in [7, 11) is 0. The van der Waals surface area contributed by atoms with Crippen molar-refractivity contribution in [2.24, 2.45) is 17.3 Å². The molecule has 2 aromatic rings. The van der Waals surface area contributed by atoms with Crippen molar-refractivity contribution in [3.05, 3.63) is 29.8 Å². The Morgan fingerprint density at radius 2 is 1.97 bits per heavy atom. The number of hydrogen-bond donors (Lipinski definition) is 1. The van der Waals surface area contributed by atoms with Crippen molar-refractivity contribution < 1.29 is 18.3 Å². The Kier molecular flexibility index (Phi) is 4.62. The predicted octanol–water partition coefficient (Wildman–Crippen LogP) is 3.28. The molecule has 2 atom stereocenters. The average molecular weight is 443 g/mol. The third-order valence-electron chi connectivity index (χ3n) is 7.22. The van der Waals surface area contributed by atoms with E-state index in [1.807, 2.05) is 6.07 Å². The number of anilines is 1. The van der Waals surface area contributed by atoms with Crippen LogP contribution in [0.4, 0.5) is 14.6 Å². The fourth-order valence-corrected chi connectivity index (χ4v) is 5.38. The number of rotatable bonds is 7. The van der Waals surface area contributed by atoms with Gasteiger partial charge in [-0.05, 0) is 36.8 Å². The number of alkyl halides is 2. The minimum absolute atomic E-state index is 0.0619. The van der Waals surface area contributed by atoms with Crippen molar-refractivity contribution >= 4 is 5.82 Å². The van der Waals surface area contributed by atoms with E-state index in [0.29, 0.717) is 40.3 Å². The molecule has 7 nitrogen and oxygen atoms in total. The van der Waals surface area contributed by atoms with Crippen molar-refractivity contribution in [1.82, 2.24) is 19.9 Å². The van der Waals surface area contributed by atoms with Crippen LogP contribution in [0.15, 0.2) is 18.3 Å². The molecule has 0 spiro atoms.